The van der Waals surface area contributed by atoms with Crippen LogP contribution in [0.25, 0.3) is 5.69 Å². The van der Waals surface area contributed by atoms with Gasteiger partial charge < -0.3 is 15.2 Å². The lowest BCUT2D eigenvalue weighted by molar-refractivity contribution is 0.444. The van der Waals surface area contributed by atoms with Crippen LogP contribution in [0, 0.1) is 0 Å². The van der Waals surface area contributed by atoms with Crippen LogP contribution in [0.5, 0.6) is 11.6 Å². The molecule has 0 radical (unpaired) electrons. The molecule has 0 amide bonds. The van der Waals surface area contributed by atoms with Gasteiger partial charge in [-0.3, -0.25) is 0 Å². The summed E-state index contributed by atoms with van der Waals surface area (Å²) >= 11 is 13.8. The standard InChI is InChI=1S/C17H16Cl2N4OS/c1-25-22-12-3-5-14(6-4-12)24-17-9-13(10-20)21-23(17)16-7-2-11(18)8-15(16)19/h2-9,22H,10,20H2,1H3. The van der Waals surface area contributed by atoms with E-state index in [1.54, 1.807) is 28.9 Å². The van der Waals surface area contributed by atoms with Crippen molar-refractivity contribution in [2.75, 3.05) is 11.0 Å². The molecule has 3 aromatic rings. The molecule has 0 atom stereocenters. The first-order valence-corrected chi connectivity index (χ1v) is 9.40. The minimum Gasteiger partial charge on any atom is -0.439 e. The Balaban J connectivity index is 1.94. The molecule has 0 fully saturated rings. The summed E-state index contributed by atoms with van der Waals surface area (Å²) in [7, 11) is 0. The number of nitrogens with zero attached hydrogens (tertiary/aromatic N) is 2. The van der Waals surface area contributed by atoms with Crippen LogP contribution in [0.4, 0.5) is 5.69 Å². The number of ether oxygens (including phenoxy) is 1. The summed E-state index contributed by atoms with van der Waals surface area (Å²) in [6.45, 7) is 0.297. The van der Waals surface area contributed by atoms with Gasteiger partial charge in [-0.25, -0.2) is 0 Å². The highest BCUT2D eigenvalue weighted by Gasteiger charge is 2.14. The van der Waals surface area contributed by atoms with E-state index in [1.165, 1.54) is 11.9 Å². The second-order valence-electron chi connectivity index (χ2n) is 5.12. The molecule has 5 nitrogen and oxygen atoms in total. The molecule has 0 saturated heterocycles. The van der Waals surface area contributed by atoms with Gasteiger partial charge >= 0.3 is 0 Å². The second kappa shape index (κ2) is 8.01. The maximum absolute atomic E-state index is 6.30. The number of hydrogen-bond donors (Lipinski definition) is 2. The fraction of sp³-hybridized carbons (Fsp3) is 0.118. The molecule has 0 aliphatic rings. The lowest BCUT2D eigenvalue weighted by Gasteiger charge is -2.11. The maximum atomic E-state index is 6.30. The van der Waals surface area contributed by atoms with Crippen molar-refractivity contribution < 1.29 is 4.74 Å². The van der Waals surface area contributed by atoms with E-state index in [0.717, 1.165) is 5.69 Å². The quantitative estimate of drug-likeness (QED) is 0.567. The van der Waals surface area contributed by atoms with Gasteiger partial charge in [-0.05, 0) is 42.5 Å². The van der Waals surface area contributed by atoms with Crippen molar-refractivity contribution in [3.05, 3.63) is 64.3 Å². The van der Waals surface area contributed by atoms with E-state index >= 15 is 0 Å². The Labute approximate surface area is 160 Å². The third-order valence-corrected chi connectivity index (χ3v) is 4.35. The molecule has 0 saturated carbocycles. The Kier molecular flexibility index (Phi) is 5.75. The zero-order valence-electron chi connectivity index (χ0n) is 13.4. The highest BCUT2D eigenvalue weighted by molar-refractivity contribution is 7.99. The van der Waals surface area contributed by atoms with Crippen LogP contribution >= 0.6 is 35.1 Å². The third-order valence-electron chi connectivity index (χ3n) is 3.37. The molecule has 130 valence electrons. The summed E-state index contributed by atoms with van der Waals surface area (Å²) in [6, 6.07) is 14.6. The van der Waals surface area contributed by atoms with Crippen molar-refractivity contribution >= 4 is 40.8 Å². The monoisotopic (exact) mass is 394 g/mol. The summed E-state index contributed by atoms with van der Waals surface area (Å²) in [6.07, 6.45) is 1.97. The number of nitrogens with one attached hydrogen (secondary N) is 1. The predicted octanol–water partition coefficient (Wildman–Crippen LogP) is 5.12. The van der Waals surface area contributed by atoms with Crippen LogP contribution in [0.1, 0.15) is 5.69 Å². The molecule has 1 heterocycles. The number of nitrogens with two attached hydrogens (primary N) is 1. The summed E-state index contributed by atoms with van der Waals surface area (Å²) in [5.41, 5.74) is 8.08. The smallest absolute Gasteiger partial charge is 0.222 e. The van der Waals surface area contributed by atoms with E-state index in [4.69, 9.17) is 33.7 Å². The van der Waals surface area contributed by atoms with Gasteiger partial charge in [0.15, 0.2) is 0 Å². The first-order chi connectivity index (χ1) is 12.1. The van der Waals surface area contributed by atoms with Crippen LogP contribution in [0.15, 0.2) is 48.5 Å². The summed E-state index contributed by atoms with van der Waals surface area (Å²) < 4.78 is 10.8. The molecule has 0 aliphatic heterocycles. The van der Waals surface area contributed by atoms with Crippen LogP contribution < -0.4 is 15.2 Å². The van der Waals surface area contributed by atoms with Gasteiger partial charge in [-0.15, -0.1) is 0 Å². The average Bonchev–Trinajstić information content (AvgIpc) is 3.00. The van der Waals surface area contributed by atoms with Gasteiger partial charge in [0.25, 0.3) is 0 Å². The van der Waals surface area contributed by atoms with Gasteiger partial charge in [-0.2, -0.15) is 9.78 Å². The fourth-order valence-electron chi connectivity index (χ4n) is 2.24. The summed E-state index contributed by atoms with van der Waals surface area (Å²) in [4.78, 5) is 0. The molecular weight excluding hydrogens is 379 g/mol. The largest absolute Gasteiger partial charge is 0.439 e. The number of rotatable bonds is 6. The normalized spacial score (nSPS) is 10.7. The minimum atomic E-state index is 0.297. The van der Waals surface area contributed by atoms with Crippen molar-refractivity contribution in [1.82, 2.24) is 9.78 Å². The first-order valence-electron chi connectivity index (χ1n) is 7.42. The molecule has 0 spiro atoms. The van der Waals surface area contributed by atoms with Crippen molar-refractivity contribution in [2.24, 2.45) is 5.73 Å². The molecule has 1 aromatic heterocycles. The summed E-state index contributed by atoms with van der Waals surface area (Å²) in [5, 5.41) is 5.49. The van der Waals surface area contributed by atoms with E-state index in [0.29, 0.717) is 39.6 Å². The Bertz CT molecular complexity index is 868. The molecule has 2 aromatic carbocycles. The molecule has 0 bridgehead atoms. The fourth-order valence-corrected chi connectivity index (χ4v) is 3.10. The Morgan fingerprint density at radius 3 is 2.56 bits per heavy atom. The lowest BCUT2D eigenvalue weighted by Crippen LogP contribution is -2.02. The Hall–Kier alpha value is -1.86. The molecule has 0 aliphatic carbocycles. The SMILES string of the molecule is CSNc1ccc(Oc2cc(CN)nn2-c2ccc(Cl)cc2Cl)cc1. The highest BCUT2D eigenvalue weighted by Crippen LogP contribution is 2.31. The van der Waals surface area contributed by atoms with Crippen LogP contribution in [0.3, 0.4) is 0 Å². The van der Waals surface area contributed by atoms with E-state index in [1.807, 2.05) is 30.5 Å². The minimum absolute atomic E-state index is 0.297. The number of anilines is 1. The first kappa shape index (κ1) is 17.9. The topological polar surface area (TPSA) is 65.1 Å². The molecule has 3 rings (SSSR count). The number of benzene rings is 2. The van der Waals surface area contributed by atoms with Gasteiger partial charge in [0.1, 0.15) is 5.75 Å². The third kappa shape index (κ3) is 4.22. The predicted molar refractivity (Wildman–Crippen MR) is 105 cm³/mol. The van der Waals surface area contributed by atoms with Crippen molar-refractivity contribution in [1.29, 1.82) is 0 Å². The van der Waals surface area contributed by atoms with Crippen molar-refractivity contribution in [3.63, 3.8) is 0 Å². The molecular formula is C17H16Cl2N4OS. The van der Waals surface area contributed by atoms with E-state index in [9.17, 15) is 0 Å². The Morgan fingerprint density at radius 1 is 1.16 bits per heavy atom. The lowest BCUT2D eigenvalue weighted by atomic mass is 10.3. The van der Waals surface area contributed by atoms with Crippen molar-refractivity contribution in [3.8, 4) is 17.3 Å². The zero-order valence-corrected chi connectivity index (χ0v) is 15.7. The molecule has 3 N–H and O–H groups in total. The second-order valence-corrected chi connectivity index (χ2v) is 6.57. The average molecular weight is 395 g/mol. The number of halogens is 2. The molecule has 0 unspecified atom stereocenters. The van der Waals surface area contributed by atoms with Crippen LogP contribution in [-0.2, 0) is 6.54 Å². The van der Waals surface area contributed by atoms with E-state index in [-0.39, 0.29) is 0 Å². The Morgan fingerprint density at radius 2 is 1.92 bits per heavy atom. The van der Waals surface area contributed by atoms with E-state index < -0.39 is 0 Å². The van der Waals surface area contributed by atoms with Crippen molar-refractivity contribution in [2.45, 2.75) is 6.54 Å². The number of hydrogen-bond acceptors (Lipinski definition) is 5. The zero-order chi connectivity index (χ0) is 17.8. The van der Waals surface area contributed by atoms with Gasteiger partial charge in [-0.1, -0.05) is 35.1 Å². The molecule has 25 heavy (non-hydrogen) atoms. The highest BCUT2D eigenvalue weighted by atomic mass is 35.5. The molecule has 8 heteroatoms. The van der Waals surface area contributed by atoms with Gasteiger partial charge in [0, 0.05) is 29.6 Å². The number of aromatic nitrogens is 2. The van der Waals surface area contributed by atoms with E-state index in [2.05, 4.69) is 9.82 Å². The maximum Gasteiger partial charge on any atom is 0.222 e. The van der Waals surface area contributed by atoms with Crippen LogP contribution in [-0.4, -0.2) is 16.0 Å². The van der Waals surface area contributed by atoms with Gasteiger partial charge in [0.05, 0.1) is 16.4 Å². The summed E-state index contributed by atoms with van der Waals surface area (Å²) in [5.74, 6) is 1.21. The van der Waals surface area contributed by atoms with Gasteiger partial charge in [0.2, 0.25) is 5.88 Å². The van der Waals surface area contributed by atoms with Crippen LogP contribution in [0.2, 0.25) is 10.0 Å².